The summed E-state index contributed by atoms with van der Waals surface area (Å²) >= 11 is 0. The van der Waals surface area contributed by atoms with Crippen LogP contribution in [0.5, 0.6) is 0 Å². The van der Waals surface area contributed by atoms with Gasteiger partial charge in [-0.15, -0.1) is 0 Å². The van der Waals surface area contributed by atoms with E-state index in [0.717, 1.165) is 35.9 Å². The second-order valence-corrected chi connectivity index (χ2v) is 6.73. The standard InChI is InChI=1S/C17H19NO3/c19-16(20)8-13-9-18(15-4-2-1-3-14(13)15)17(21)12-6-10-5-11(10)7-12/h1-4,10-13H,5-9H2,(H,19,20). The summed E-state index contributed by atoms with van der Waals surface area (Å²) in [6.07, 6.45) is 3.47. The number of amides is 1. The number of carbonyl (C=O) groups excluding carboxylic acids is 1. The van der Waals surface area contributed by atoms with Crippen molar-refractivity contribution in [2.75, 3.05) is 11.4 Å². The Bertz CT molecular complexity index is 602. The number of benzene rings is 1. The van der Waals surface area contributed by atoms with Crippen LogP contribution in [0.3, 0.4) is 0 Å². The Labute approximate surface area is 123 Å². The lowest BCUT2D eigenvalue weighted by molar-refractivity contribution is -0.137. The third-order valence-electron chi connectivity index (χ3n) is 5.35. The molecule has 4 nitrogen and oxygen atoms in total. The van der Waals surface area contributed by atoms with Crippen LogP contribution in [0.25, 0.3) is 0 Å². The van der Waals surface area contributed by atoms with Crippen molar-refractivity contribution in [1.82, 2.24) is 0 Å². The van der Waals surface area contributed by atoms with Gasteiger partial charge in [0.15, 0.2) is 0 Å². The first kappa shape index (κ1) is 12.9. The Hall–Kier alpha value is -1.84. The van der Waals surface area contributed by atoms with Gasteiger partial charge in [0.25, 0.3) is 0 Å². The number of hydrogen-bond donors (Lipinski definition) is 1. The van der Waals surface area contributed by atoms with Crippen LogP contribution >= 0.6 is 0 Å². The Morgan fingerprint density at radius 2 is 1.86 bits per heavy atom. The van der Waals surface area contributed by atoms with Crippen LogP contribution < -0.4 is 4.90 Å². The quantitative estimate of drug-likeness (QED) is 0.928. The topological polar surface area (TPSA) is 57.6 Å². The number of para-hydroxylation sites is 1. The van der Waals surface area contributed by atoms with Crippen LogP contribution in [0.1, 0.15) is 37.2 Å². The third kappa shape index (κ3) is 2.13. The summed E-state index contributed by atoms with van der Waals surface area (Å²) in [5.74, 6) is 1.07. The van der Waals surface area contributed by atoms with Gasteiger partial charge in [0.05, 0.1) is 6.42 Å². The number of nitrogens with zero attached hydrogens (tertiary/aromatic N) is 1. The summed E-state index contributed by atoms with van der Waals surface area (Å²) in [5.41, 5.74) is 1.94. The molecule has 1 amide bonds. The molecule has 1 heterocycles. The number of anilines is 1. The van der Waals surface area contributed by atoms with Crippen molar-refractivity contribution in [3.05, 3.63) is 29.8 Å². The van der Waals surface area contributed by atoms with E-state index in [1.165, 1.54) is 6.42 Å². The molecule has 0 aromatic heterocycles. The van der Waals surface area contributed by atoms with Crippen molar-refractivity contribution in [1.29, 1.82) is 0 Å². The molecule has 0 saturated heterocycles. The molecule has 1 N–H and O–H groups in total. The number of fused-ring (bicyclic) bond motifs is 2. The number of carbonyl (C=O) groups is 2. The minimum absolute atomic E-state index is 0.0708. The average Bonchev–Trinajstić information content (AvgIpc) is 2.93. The van der Waals surface area contributed by atoms with Crippen molar-refractivity contribution < 1.29 is 14.7 Å². The summed E-state index contributed by atoms with van der Waals surface area (Å²) in [6.45, 7) is 0.524. The Morgan fingerprint density at radius 3 is 2.57 bits per heavy atom. The molecule has 3 unspecified atom stereocenters. The summed E-state index contributed by atoms with van der Waals surface area (Å²) in [4.78, 5) is 25.7. The molecule has 2 fully saturated rings. The van der Waals surface area contributed by atoms with Crippen LogP contribution in [0.15, 0.2) is 24.3 Å². The van der Waals surface area contributed by atoms with Gasteiger partial charge in [-0.2, -0.15) is 0 Å². The molecule has 1 aromatic carbocycles. The lowest BCUT2D eigenvalue weighted by Gasteiger charge is -2.22. The predicted molar refractivity (Wildman–Crippen MR) is 78.1 cm³/mol. The van der Waals surface area contributed by atoms with E-state index in [0.29, 0.717) is 6.54 Å². The van der Waals surface area contributed by atoms with Crippen molar-refractivity contribution in [3.63, 3.8) is 0 Å². The predicted octanol–water partition coefficient (Wildman–Crippen LogP) is 2.64. The fourth-order valence-electron chi connectivity index (χ4n) is 4.23. The van der Waals surface area contributed by atoms with E-state index in [1.807, 2.05) is 29.2 Å². The Morgan fingerprint density at radius 1 is 1.14 bits per heavy atom. The van der Waals surface area contributed by atoms with Gasteiger partial charge < -0.3 is 10.0 Å². The molecule has 0 radical (unpaired) electrons. The van der Waals surface area contributed by atoms with E-state index in [-0.39, 0.29) is 24.2 Å². The zero-order valence-corrected chi connectivity index (χ0v) is 11.9. The van der Waals surface area contributed by atoms with Crippen LogP contribution in [-0.4, -0.2) is 23.5 Å². The second-order valence-electron chi connectivity index (χ2n) is 6.73. The van der Waals surface area contributed by atoms with Gasteiger partial charge in [-0.25, -0.2) is 0 Å². The largest absolute Gasteiger partial charge is 0.481 e. The van der Waals surface area contributed by atoms with Gasteiger partial charge >= 0.3 is 5.97 Å². The summed E-state index contributed by atoms with van der Waals surface area (Å²) < 4.78 is 0. The number of aliphatic carboxylic acids is 1. The number of hydrogen-bond acceptors (Lipinski definition) is 2. The highest BCUT2D eigenvalue weighted by molar-refractivity contribution is 5.98. The SMILES string of the molecule is O=C(O)CC1CN(C(=O)C2CC3CC3C2)c2ccccc21. The average molecular weight is 285 g/mol. The molecule has 2 aliphatic carbocycles. The molecule has 0 bridgehead atoms. The van der Waals surface area contributed by atoms with E-state index in [9.17, 15) is 9.59 Å². The first-order chi connectivity index (χ1) is 10.1. The molecule has 4 heteroatoms. The monoisotopic (exact) mass is 285 g/mol. The highest BCUT2D eigenvalue weighted by Crippen LogP contribution is 2.55. The minimum atomic E-state index is -0.800. The van der Waals surface area contributed by atoms with Crippen molar-refractivity contribution in [3.8, 4) is 0 Å². The van der Waals surface area contributed by atoms with Crippen LogP contribution in [0.2, 0.25) is 0 Å². The second kappa shape index (κ2) is 4.58. The minimum Gasteiger partial charge on any atom is -0.481 e. The first-order valence-electron chi connectivity index (χ1n) is 7.75. The smallest absolute Gasteiger partial charge is 0.304 e. The van der Waals surface area contributed by atoms with Crippen molar-refractivity contribution in [2.24, 2.45) is 17.8 Å². The Balaban J connectivity index is 1.58. The lowest BCUT2D eigenvalue weighted by Crippen LogP contribution is -2.35. The lowest BCUT2D eigenvalue weighted by atomic mass is 9.98. The van der Waals surface area contributed by atoms with Gasteiger partial charge in [-0.3, -0.25) is 9.59 Å². The zero-order chi connectivity index (χ0) is 14.6. The molecule has 0 spiro atoms. The number of carboxylic acid groups (broad SMARTS) is 1. The van der Waals surface area contributed by atoms with E-state index in [1.54, 1.807) is 0 Å². The molecule has 4 rings (SSSR count). The molecule has 2 saturated carbocycles. The normalized spacial score (nSPS) is 32.7. The van der Waals surface area contributed by atoms with Gasteiger partial charge in [0.1, 0.15) is 0 Å². The first-order valence-corrected chi connectivity index (χ1v) is 7.75. The van der Waals surface area contributed by atoms with Crippen LogP contribution in [-0.2, 0) is 9.59 Å². The molecule has 21 heavy (non-hydrogen) atoms. The molecule has 3 aliphatic rings. The highest BCUT2D eigenvalue weighted by atomic mass is 16.4. The molecular formula is C17H19NO3. The van der Waals surface area contributed by atoms with Gasteiger partial charge in [-0.05, 0) is 42.7 Å². The molecule has 110 valence electrons. The molecule has 3 atom stereocenters. The van der Waals surface area contributed by atoms with E-state index in [2.05, 4.69) is 0 Å². The highest BCUT2D eigenvalue weighted by Gasteiger charge is 2.49. The van der Waals surface area contributed by atoms with Gasteiger partial charge in [-0.1, -0.05) is 18.2 Å². The number of rotatable bonds is 3. The van der Waals surface area contributed by atoms with E-state index >= 15 is 0 Å². The summed E-state index contributed by atoms with van der Waals surface area (Å²) in [7, 11) is 0. The molecular weight excluding hydrogens is 266 g/mol. The summed E-state index contributed by atoms with van der Waals surface area (Å²) in [6, 6.07) is 7.76. The van der Waals surface area contributed by atoms with Gasteiger partial charge in [0, 0.05) is 24.1 Å². The van der Waals surface area contributed by atoms with E-state index < -0.39 is 5.97 Å². The fourth-order valence-corrected chi connectivity index (χ4v) is 4.23. The summed E-state index contributed by atoms with van der Waals surface area (Å²) in [5, 5.41) is 9.07. The maximum absolute atomic E-state index is 12.8. The zero-order valence-electron chi connectivity index (χ0n) is 11.9. The maximum Gasteiger partial charge on any atom is 0.304 e. The van der Waals surface area contributed by atoms with Gasteiger partial charge in [0.2, 0.25) is 5.91 Å². The molecule has 1 aliphatic heterocycles. The third-order valence-corrected chi connectivity index (χ3v) is 5.35. The van der Waals surface area contributed by atoms with Crippen molar-refractivity contribution >= 4 is 17.6 Å². The Kier molecular flexibility index (Phi) is 2.81. The number of carboxylic acids is 1. The maximum atomic E-state index is 12.8. The molecule has 1 aromatic rings. The fraction of sp³-hybridized carbons (Fsp3) is 0.529. The van der Waals surface area contributed by atoms with Crippen LogP contribution in [0.4, 0.5) is 5.69 Å². The van der Waals surface area contributed by atoms with Crippen LogP contribution in [0, 0.1) is 17.8 Å². The van der Waals surface area contributed by atoms with E-state index in [4.69, 9.17) is 5.11 Å². The van der Waals surface area contributed by atoms with Crippen molar-refractivity contribution in [2.45, 2.75) is 31.6 Å².